The number of carboxylic acid groups (broad SMARTS) is 1. The standard InChI is InChI=1S/C23H44O11/c1-21(2)33-19-17-31-15-13-29-11-9-27-7-8-28-10-12-30-14-16-32-18-20-34-23(26)6-4-3-5-22(24)25/h21H,3-20H2,1-2H3,(H,24,25). The zero-order valence-electron chi connectivity index (χ0n) is 20.8. The van der Waals surface area contributed by atoms with Crippen LogP contribution < -0.4 is 0 Å². The van der Waals surface area contributed by atoms with Gasteiger partial charge in [-0.3, -0.25) is 9.59 Å². The van der Waals surface area contributed by atoms with Crippen LogP contribution in [-0.2, 0) is 47.5 Å². The fraction of sp³-hybridized carbons (Fsp3) is 0.913. The molecule has 11 heteroatoms. The summed E-state index contributed by atoms with van der Waals surface area (Å²) in [5.74, 6) is -1.20. The molecule has 11 nitrogen and oxygen atoms in total. The molecule has 0 rings (SSSR count). The van der Waals surface area contributed by atoms with Crippen molar-refractivity contribution < 1.29 is 52.6 Å². The fourth-order valence-electron chi connectivity index (χ4n) is 2.38. The van der Waals surface area contributed by atoms with E-state index in [1.54, 1.807) is 0 Å². The number of esters is 1. The highest BCUT2D eigenvalue weighted by atomic mass is 16.6. The van der Waals surface area contributed by atoms with Crippen LogP contribution in [0.15, 0.2) is 0 Å². The second-order valence-electron chi connectivity index (χ2n) is 7.42. The van der Waals surface area contributed by atoms with Gasteiger partial charge in [0.25, 0.3) is 0 Å². The van der Waals surface area contributed by atoms with Crippen molar-refractivity contribution in [2.45, 2.75) is 45.6 Å². The summed E-state index contributed by atoms with van der Waals surface area (Å²) in [4.78, 5) is 21.8. The smallest absolute Gasteiger partial charge is 0.305 e. The van der Waals surface area contributed by atoms with E-state index < -0.39 is 5.97 Å². The number of carbonyl (C=O) groups is 2. The van der Waals surface area contributed by atoms with Crippen LogP contribution in [0, 0.1) is 0 Å². The number of hydrogen-bond donors (Lipinski definition) is 1. The Morgan fingerprint density at radius 3 is 1.29 bits per heavy atom. The first-order valence-corrected chi connectivity index (χ1v) is 12.0. The second kappa shape index (κ2) is 26.3. The molecule has 0 radical (unpaired) electrons. The Balaban J connectivity index is 3.11. The largest absolute Gasteiger partial charge is 0.481 e. The third kappa shape index (κ3) is 28.7. The summed E-state index contributed by atoms with van der Waals surface area (Å²) in [5, 5.41) is 8.51. The molecule has 0 fully saturated rings. The summed E-state index contributed by atoms with van der Waals surface area (Å²) in [6.45, 7) is 10.4. The number of unbranched alkanes of at least 4 members (excludes halogenated alkanes) is 1. The molecule has 0 amide bonds. The molecule has 1 N–H and O–H groups in total. The lowest BCUT2D eigenvalue weighted by Gasteiger charge is -2.09. The molecular weight excluding hydrogens is 452 g/mol. The Bertz CT molecular complexity index is 460. The summed E-state index contributed by atoms with van der Waals surface area (Å²) < 4.78 is 42.6. The first kappa shape index (κ1) is 32.7. The number of carboxylic acids is 1. The minimum Gasteiger partial charge on any atom is -0.481 e. The third-order valence-corrected chi connectivity index (χ3v) is 4.05. The monoisotopic (exact) mass is 496 g/mol. The van der Waals surface area contributed by atoms with E-state index in [1.165, 1.54) is 0 Å². The zero-order chi connectivity index (χ0) is 25.1. The van der Waals surface area contributed by atoms with Crippen molar-refractivity contribution >= 4 is 11.9 Å². The number of ether oxygens (including phenoxy) is 8. The highest BCUT2D eigenvalue weighted by molar-refractivity contribution is 5.69. The van der Waals surface area contributed by atoms with Gasteiger partial charge in [-0.1, -0.05) is 0 Å². The van der Waals surface area contributed by atoms with Crippen LogP contribution in [0.2, 0.25) is 0 Å². The van der Waals surface area contributed by atoms with Crippen LogP contribution in [0.4, 0.5) is 0 Å². The van der Waals surface area contributed by atoms with E-state index in [2.05, 4.69) is 0 Å². The van der Waals surface area contributed by atoms with E-state index in [4.69, 9.17) is 43.0 Å². The Hall–Kier alpha value is -1.34. The van der Waals surface area contributed by atoms with Gasteiger partial charge >= 0.3 is 11.9 Å². The highest BCUT2D eigenvalue weighted by Crippen LogP contribution is 2.01. The predicted octanol–water partition coefficient (Wildman–Crippen LogP) is 1.70. The maximum absolute atomic E-state index is 11.4. The Kier molecular flexibility index (Phi) is 25.2. The van der Waals surface area contributed by atoms with Gasteiger partial charge in [-0.25, -0.2) is 0 Å². The van der Waals surface area contributed by atoms with E-state index in [0.29, 0.717) is 98.7 Å². The van der Waals surface area contributed by atoms with Crippen LogP contribution in [0.5, 0.6) is 0 Å². The number of aliphatic carboxylic acids is 1. The van der Waals surface area contributed by atoms with Gasteiger partial charge in [0.05, 0.1) is 92.0 Å². The van der Waals surface area contributed by atoms with E-state index >= 15 is 0 Å². The normalized spacial score (nSPS) is 11.3. The van der Waals surface area contributed by atoms with E-state index in [-0.39, 0.29) is 31.5 Å². The van der Waals surface area contributed by atoms with Crippen molar-refractivity contribution in [3.8, 4) is 0 Å². The van der Waals surface area contributed by atoms with Crippen LogP contribution >= 0.6 is 0 Å². The second-order valence-corrected chi connectivity index (χ2v) is 7.42. The molecule has 0 spiro atoms. The van der Waals surface area contributed by atoms with E-state index in [0.717, 1.165) is 0 Å². The summed E-state index contributed by atoms with van der Waals surface area (Å²) in [6.07, 6.45) is 1.49. The average Bonchev–Trinajstić information content (AvgIpc) is 2.79. The quantitative estimate of drug-likeness (QED) is 0.132. The molecule has 0 heterocycles. The topological polar surface area (TPSA) is 128 Å². The fourth-order valence-corrected chi connectivity index (χ4v) is 2.38. The molecule has 0 saturated carbocycles. The molecule has 0 aromatic rings. The van der Waals surface area contributed by atoms with Crippen molar-refractivity contribution in [3.63, 3.8) is 0 Å². The van der Waals surface area contributed by atoms with Crippen molar-refractivity contribution in [1.82, 2.24) is 0 Å². The van der Waals surface area contributed by atoms with E-state index in [9.17, 15) is 9.59 Å². The summed E-state index contributed by atoms with van der Waals surface area (Å²) >= 11 is 0. The van der Waals surface area contributed by atoms with Gasteiger partial charge in [-0.15, -0.1) is 0 Å². The molecule has 0 aromatic carbocycles. The maximum atomic E-state index is 11.4. The lowest BCUT2D eigenvalue weighted by atomic mass is 10.2. The molecule has 202 valence electrons. The molecule has 0 atom stereocenters. The summed E-state index contributed by atoms with van der Waals surface area (Å²) in [7, 11) is 0. The molecule has 0 saturated heterocycles. The van der Waals surface area contributed by atoms with Crippen molar-refractivity contribution in [3.05, 3.63) is 0 Å². The van der Waals surface area contributed by atoms with Gasteiger partial charge in [0.1, 0.15) is 6.61 Å². The van der Waals surface area contributed by atoms with Crippen LogP contribution in [0.3, 0.4) is 0 Å². The Labute approximate surface area is 203 Å². The minimum absolute atomic E-state index is 0.0669. The molecule has 34 heavy (non-hydrogen) atoms. The molecule has 0 aliphatic carbocycles. The van der Waals surface area contributed by atoms with Crippen LogP contribution in [0.25, 0.3) is 0 Å². The van der Waals surface area contributed by atoms with Gasteiger partial charge in [0, 0.05) is 12.8 Å². The number of rotatable bonds is 27. The van der Waals surface area contributed by atoms with Gasteiger partial charge in [0.2, 0.25) is 0 Å². The lowest BCUT2D eigenvalue weighted by Crippen LogP contribution is -2.15. The van der Waals surface area contributed by atoms with Gasteiger partial charge < -0.3 is 43.0 Å². The first-order chi connectivity index (χ1) is 16.5. The molecular formula is C23H44O11. The summed E-state index contributed by atoms with van der Waals surface area (Å²) in [5.41, 5.74) is 0. The lowest BCUT2D eigenvalue weighted by molar-refractivity contribution is -0.146. The SMILES string of the molecule is CC(C)OCCOCCOCCOCCOCCOCCOCCOC(=O)CCCCC(=O)O. The minimum atomic E-state index is -0.858. The molecule has 0 aromatic heterocycles. The average molecular weight is 497 g/mol. The van der Waals surface area contributed by atoms with Crippen LogP contribution in [0.1, 0.15) is 39.5 Å². The van der Waals surface area contributed by atoms with Crippen LogP contribution in [-0.4, -0.2) is 116 Å². The van der Waals surface area contributed by atoms with Crippen molar-refractivity contribution in [2.24, 2.45) is 0 Å². The van der Waals surface area contributed by atoms with Crippen molar-refractivity contribution in [1.29, 1.82) is 0 Å². The Morgan fingerprint density at radius 2 is 0.912 bits per heavy atom. The maximum Gasteiger partial charge on any atom is 0.305 e. The predicted molar refractivity (Wildman–Crippen MR) is 123 cm³/mol. The molecule has 0 aliphatic rings. The van der Waals surface area contributed by atoms with Gasteiger partial charge in [0.15, 0.2) is 0 Å². The molecule has 0 bridgehead atoms. The summed E-state index contributed by atoms with van der Waals surface area (Å²) in [6, 6.07) is 0. The van der Waals surface area contributed by atoms with Gasteiger partial charge in [-0.2, -0.15) is 0 Å². The number of carbonyl (C=O) groups excluding carboxylic acids is 1. The molecule has 0 aliphatic heterocycles. The highest BCUT2D eigenvalue weighted by Gasteiger charge is 2.04. The zero-order valence-corrected chi connectivity index (χ0v) is 20.8. The van der Waals surface area contributed by atoms with E-state index in [1.807, 2.05) is 13.8 Å². The Morgan fingerprint density at radius 1 is 0.559 bits per heavy atom. The molecule has 0 unspecified atom stereocenters. The first-order valence-electron chi connectivity index (χ1n) is 12.0. The third-order valence-electron chi connectivity index (χ3n) is 4.05. The van der Waals surface area contributed by atoms with Crippen molar-refractivity contribution in [2.75, 3.05) is 92.5 Å². The van der Waals surface area contributed by atoms with Gasteiger partial charge in [-0.05, 0) is 26.7 Å². The number of hydrogen-bond acceptors (Lipinski definition) is 10.